The maximum Gasteiger partial charge on any atom is 0.255 e. The molecule has 2 amide bonds. The molecule has 2 rings (SSSR count). The quantitative estimate of drug-likeness (QED) is 0.295. The number of ether oxygens (including phenoxy) is 2. The molecule has 2 aromatic carbocycles. The van der Waals surface area contributed by atoms with Crippen molar-refractivity contribution < 1.29 is 23.5 Å². The summed E-state index contributed by atoms with van der Waals surface area (Å²) in [4.78, 5) is 24.7. The first-order valence-electron chi connectivity index (χ1n) is 12.2. The Morgan fingerprint density at radius 2 is 1.47 bits per heavy atom. The van der Waals surface area contributed by atoms with E-state index in [0.29, 0.717) is 31.1 Å². The van der Waals surface area contributed by atoms with Gasteiger partial charge in [-0.3, -0.25) is 9.59 Å². The summed E-state index contributed by atoms with van der Waals surface area (Å²) in [6.45, 7) is 3.57. The van der Waals surface area contributed by atoms with Crippen LogP contribution in [-0.2, 0) is 4.74 Å². The van der Waals surface area contributed by atoms with Gasteiger partial charge < -0.3 is 20.1 Å². The third-order valence-electron chi connectivity index (χ3n) is 5.45. The molecule has 0 atom stereocenters. The zero-order valence-corrected chi connectivity index (χ0v) is 20.3. The molecule has 0 heterocycles. The summed E-state index contributed by atoms with van der Waals surface area (Å²) in [7, 11) is 1.54. The predicted molar refractivity (Wildman–Crippen MR) is 133 cm³/mol. The Labute approximate surface area is 202 Å². The monoisotopic (exact) mass is 472 g/mol. The number of methoxy groups -OCH3 is 1. The number of carbonyl (C=O) groups is 2. The smallest absolute Gasteiger partial charge is 0.255 e. The summed E-state index contributed by atoms with van der Waals surface area (Å²) in [6, 6.07) is 10.6. The van der Waals surface area contributed by atoms with Gasteiger partial charge in [-0.25, -0.2) is 4.39 Å². The highest BCUT2D eigenvalue weighted by Crippen LogP contribution is 2.19. The Bertz CT molecular complexity index is 887. The van der Waals surface area contributed by atoms with Gasteiger partial charge in [-0.05, 0) is 48.9 Å². The number of benzene rings is 2. The van der Waals surface area contributed by atoms with Crippen LogP contribution in [0.1, 0.15) is 79.0 Å². The molecular formula is C27H37FN2O4. The molecule has 0 aliphatic heterocycles. The van der Waals surface area contributed by atoms with Crippen LogP contribution in [0.5, 0.6) is 5.75 Å². The first-order valence-corrected chi connectivity index (χ1v) is 12.2. The van der Waals surface area contributed by atoms with E-state index in [1.807, 2.05) is 0 Å². The fourth-order valence-electron chi connectivity index (χ4n) is 3.45. The van der Waals surface area contributed by atoms with Gasteiger partial charge in [0.15, 0.2) is 0 Å². The number of nitrogens with one attached hydrogen (secondary N) is 2. The molecule has 6 nitrogen and oxygen atoms in total. The van der Waals surface area contributed by atoms with Crippen molar-refractivity contribution in [3.8, 4) is 5.75 Å². The lowest BCUT2D eigenvalue weighted by atomic mass is 10.1. The van der Waals surface area contributed by atoms with Crippen LogP contribution in [-0.4, -0.2) is 38.7 Å². The molecule has 7 heteroatoms. The van der Waals surface area contributed by atoms with Gasteiger partial charge in [0.05, 0.1) is 18.9 Å². The Morgan fingerprint density at radius 3 is 2.15 bits per heavy atom. The first-order chi connectivity index (χ1) is 16.5. The molecule has 0 aliphatic rings. The topological polar surface area (TPSA) is 76.7 Å². The van der Waals surface area contributed by atoms with Crippen molar-refractivity contribution in [3.05, 3.63) is 59.4 Å². The Hall–Kier alpha value is -2.93. The highest BCUT2D eigenvalue weighted by Gasteiger charge is 2.13. The summed E-state index contributed by atoms with van der Waals surface area (Å²) >= 11 is 0. The highest BCUT2D eigenvalue weighted by molar-refractivity contribution is 6.05. The second-order valence-electron chi connectivity index (χ2n) is 8.25. The third kappa shape index (κ3) is 9.91. The van der Waals surface area contributed by atoms with Crippen molar-refractivity contribution in [2.75, 3.05) is 32.2 Å². The van der Waals surface area contributed by atoms with E-state index in [4.69, 9.17) is 9.47 Å². The standard InChI is InChI=1S/C27H37FN2O4/c1-3-4-5-6-7-8-9-10-18-34-23-14-11-21(12-15-23)27(32)30-25-20-22(13-16-24(25)28)26(31)29-17-19-33-2/h11-16,20H,3-10,17-19H2,1-2H3,(H,29,31)(H,30,32). The molecule has 2 aromatic rings. The number of anilines is 1. The molecular weight excluding hydrogens is 435 g/mol. The van der Waals surface area contributed by atoms with Crippen LogP contribution in [0.2, 0.25) is 0 Å². The average molecular weight is 473 g/mol. The van der Waals surface area contributed by atoms with E-state index in [2.05, 4.69) is 17.6 Å². The molecule has 186 valence electrons. The molecule has 0 unspecified atom stereocenters. The van der Waals surface area contributed by atoms with Crippen molar-refractivity contribution in [1.29, 1.82) is 0 Å². The lowest BCUT2D eigenvalue weighted by Crippen LogP contribution is -2.27. The van der Waals surface area contributed by atoms with Gasteiger partial charge in [0.25, 0.3) is 11.8 Å². The summed E-state index contributed by atoms with van der Waals surface area (Å²) in [6.07, 6.45) is 9.91. The number of unbranched alkanes of at least 4 members (excludes halogenated alkanes) is 7. The van der Waals surface area contributed by atoms with E-state index >= 15 is 0 Å². The Morgan fingerprint density at radius 1 is 0.824 bits per heavy atom. The summed E-state index contributed by atoms with van der Waals surface area (Å²) in [5.41, 5.74) is 0.561. The van der Waals surface area contributed by atoms with Crippen LogP contribution in [0, 0.1) is 5.82 Å². The molecule has 2 N–H and O–H groups in total. The Balaban J connectivity index is 1.79. The molecule has 0 spiro atoms. The van der Waals surface area contributed by atoms with Crippen LogP contribution in [0.4, 0.5) is 10.1 Å². The maximum absolute atomic E-state index is 14.2. The van der Waals surface area contributed by atoms with E-state index in [1.54, 1.807) is 24.3 Å². The SMILES string of the molecule is CCCCCCCCCCOc1ccc(C(=O)Nc2cc(C(=O)NCCOC)ccc2F)cc1. The molecule has 0 saturated carbocycles. The fourth-order valence-corrected chi connectivity index (χ4v) is 3.45. The number of hydrogen-bond donors (Lipinski definition) is 2. The van der Waals surface area contributed by atoms with Crippen molar-refractivity contribution in [2.24, 2.45) is 0 Å². The van der Waals surface area contributed by atoms with Crippen molar-refractivity contribution in [3.63, 3.8) is 0 Å². The van der Waals surface area contributed by atoms with Crippen LogP contribution in [0.25, 0.3) is 0 Å². The summed E-state index contributed by atoms with van der Waals surface area (Å²) in [5.74, 6) is -0.761. The summed E-state index contributed by atoms with van der Waals surface area (Å²) < 4.78 is 24.9. The lowest BCUT2D eigenvalue weighted by molar-refractivity contribution is 0.0936. The normalized spacial score (nSPS) is 10.7. The number of amides is 2. The molecule has 0 saturated heterocycles. The number of hydrogen-bond acceptors (Lipinski definition) is 4. The maximum atomic E-state index is 14.2. The van der Waals surface area contributed by atoms with Gasteiger partial charge in [0.2, 0.25) is 0 Å². The minimum atomic E-state index is -0.618. The predicted octanol–water partition coefficient (Wildman–Crippen LogP) is 5.97. The van der Waals surface area contributed by atoms with Crippen LogP contribution >= 0.6 is 0 Å². The van der Waals surface area contributed by atoms with Crippen molar-refractivity contribution in [2.45, 2.75) is 58.3 Å². The second-order valence-corrected chi connectivity index (χ2v) is 8.25. The number of carbonyl (C=O) groups excluding carboxylic acids is 2. The van der Waals surface area contributed by atoms with Crippen molar-refractivity contribution >= 4 is 17.5 Å². The molecule has 34 heavy (non-hydrogen) atoms. The second kappa shape index (κ2) is 15.8. The average Bonchev–Trinajstić information content (AvgIpc) is 2.84. The zero-order valence-electron chi connectivity index (χ0n) is 20.3. The highest BCUT2D eigenvalue weighted by atomic mass is 19.1. The van der Waals surface area contributed by atoms with E-state index in [9.17, 15) is 14.0 Å². The molecule has 0 bridgehead atoms. The first kappa shape index (κ1) is 27.3. The van der Waals surface area contributed by atoms with Gasteiger partial charge in [0.1, 0.15) is 11.6 Å². The van der Waals surface area contributed by atoms with Gasteiger partial charge in [-0.1, -0.05) is 51.9 Å². The fraction of sp³-hybridized carbons (Fsp3) is 0.481. The molecule has 0 aromatic heterocycles. The zero-order chi connectivity index (χ0) is 24.6. The van der Waals surface area contributed by atoms with E-state index in [1.165, 1.54) is 57.8 Å². The third-order valence-corrected chi connectivity index (χ3v) is 5.45. The number of rotatable bonds is 16. The van der Waals surface area contributed by atoms with Crippen LogP contribution < -0.4 is 15.4 Å². The van der Waals surface area contributed by atoms with Gasteiger partial charge in [-0.2, -0.15) is 0 Å². The Kier molecular flexibility index (Phi) is 12.7. The molecule has 0 radical (unpaired) electrons. The van der Waals surface area contributed by atoms with Crippen LogP contribution in [0.15, 0.2) is 42.5 Å². The minimum absolute atomic E-state index is 0.0561. The summed E-state index contributed by atoms with van der Waals surface area (Å²) in [5, 5.41) is 5.20. The van der Waals surface area contributed by atoms with E-state index in [0.717, 1.165) is 18.9 Å². The van der Waals surface area contributed by atoms with Gasteiger partial charge in [0, 0.05) is 24.8 Å². The van der Waals surface area contributed by atoms with Gasteiger partial charge in [-0.15, -0.1) is 0 Å². The molecule has 0 aliphatic carbocycles. The van der Waals surface area contributed by atoms with Gasteiger partial charge >= 0.3 is 0 Å². The van der Waals surface area contributed by atoms with E-state index < -0.39 is 11.7 Å². The number of halogens is 1. The van der Waals surface area contributed by atoms with E-state index in [-0.39, 0.29) is 17.2 Å². The largest absolute Gasteiger partial charge is 0.494 e. The molecule has 0 fully saturated rings. The lowest BCUT2D eigenvalue weighted by Gasteiger charge is -2.10. The minimum Gasteiger partial charge on any atom is -0.494 e. The van der Waals surface area contributed by atoms with Crippen LogP contribution in [0.3, 0.4) is 0 Å². The van der Waals surface area contributed by atoms with Crippen molar-refractivity contribution in [1.82, 2.24) is 5.32 Å².